The number of imidazole rings is 1. The molecule has 3 rings (SSSR count). The molecule has 0 aliphatic rings. The highest BCUT2D eigenvalue weighted by Gasteiger charge is 2.23. The Morgan fingerprint density at radius 3 is 2.75 bits per heavy atom. The highest BCUT2D eigenvalue weighted by molar-refractivity contribution is 7.98. The first-order chi connectivity index (χ1) is 15.4. The van der Waals surface area contributed by atoms with Crippen LogP contribution in [0, 0.1) is 0 Å². The maximum atomic E-state index is 12.6. The van der Waals surface area contributed by atoms with Crippen LogP contribution in [0.25, 0.3) is 11.0 Å². The van der Waals surface area contributed by atoms with E-state index in [2.05, 4.69) is 10.3 Å². The second kappa shape index (κ2) is 11.4. The number of carbonyl (C=O) groups excluding carboxylic acids is 2. The number of aromatic amines is 1. The Labute approximate surface area is 199 Å². The van der Waals surface area contributed by atoms with Crippen LogP contribution in [0.15, 0.2) is 47.3 Å². The van der Waals surface area contributed by atoms with Gasteiger partial charge >= 0.3 is 11.7 Å². The highest BCUT2D eigenvalue weighted by Crippen LogP contribution is 2.21. The van der Waals surface area contributed by atoms with Gasteiger partial charge in [-0.05, 0) is 55.2 Å². The molecular weight excluding hydrogens is 473 g/mol. The van der Waals surface area contributed by atoms with Crippen LogP contribution in [0.5, 0.6) is 0 Å². The molecule has 0 saturated carbocycles. The van der Waals surface area contributed by atoms with Crippen LogP contribution in [0.2, 0.25) is 10.0 Å². The van der Waals surface area contributed by atoms with E-state index in [1.807, 2.05) is 30.5 Å². The Balaban J connectivity index is 1.57. The number of para-hydroxylation sites is 2. The molecule has 1 heterocycles. The van der Waals surface area contributed by atoms with Gasteiger partial charge in [0, 0.05) is 11.6 Å². The third-order valence-corrected chi connectivity index (χ3v) is 6.02. The average molecular weight is 496 g/mol. The van der Waals surface area contributed by atoms with Crippen LogP contribution in [-0.2, 0) is 16.1 Å². The van der Waals surface area contributed by atoms with E-state index in [-0.39, 0.29) is 22.9 Å². The Morgan fingerprint density at radius 2 is 2.00 bits per heavy atom. The lowest BCUT2D eigenvalue weighted by Crippen LogP contribution is -2.42. The molecule has 3 aromatic rings. The minimum Gasteiger partial charge on any atom is -0.464 e. The van der Waals surface area contributed by atoms with Crippen molar-refractivity contribution in [3.05, 3.63) is 68.6 Å². The predicted octanol–water partition coefficient (Wildman–Crippen LogP) is 4.12. The molecule has 1 atom stereocenters. The van der Waals surface area contributed by atoms with Crippen LogP contribution >= 0.6 is 35.0 Å². The monoisotopic (exact) mass is 495 g/mol. The molecule has 1 unspecified atom stereocenters. The minimum absolute atomic E-state index is 0.123. The van der Waals surface area contributed by atoms with Gasteiger partial charge in [0.1, 0.15) is 6.04 Å². The average Bonchev–Trinajstić information content (AvgIpc) is 3.08. The molecular formula is C22H23Cl2N3O4S. The molecule has 170 valence electrons. The van der Waals surface area contributed by atoms with Gasteiger partial charge in [-0.1, -0.05) is 35.3 Å². The number of nitrogens with one attached hydrogen (secondary N) is 2. The van der Waals surface area contributed by atoms with E-state index in [1.54, 1.807) is 22.4 Å². The quantitative estimate of drug-likeness (QED) is 0.326. The first-order valence-electron chi connectivity index (χ1n) is 9.99. The number of thioether (sulfide) groups is 1. The summed E-state index contributed by atoms with van der Waals surface area (Å²) in [5, 5.41) is 3.32. The third-order valence-electron chi connectivity index (χ3n) is 4.83. The van der Waals surface area contributed by atoms with E-state index in [4.69, 9.17) is 27.9 Å². The van der Waals surface area contributed by atoms with Crippen molar-refractivity contribution in [1.82, 2.24) is 14.9 Å². The molecule has 0 spiro atoms. The number of hydrogen-bond donors (Lipinski definition) is 2. The minimum atomic E-state index is -0.808. The zero-order chi connectivity index (χ0) is 23.1. The van der Waals surface area contributed by atoms with Gasteiger partial charge in [0.15, 0.2) is 0 Å². The molecule has 0 aliphatic heterocycles. The molecule has 2 N–H and O–H groups in total. The van der Waals surface area contributed by atoms with Gasteiger partial charge in [0.25, 0.3) is 5.91 Å². The van der Waals surface area contributed by atoms with Crippen LogP contribution < -0.4 is 11.0 Å². The molecule has 0 radical (unpaired) electrons. The summed E-state index contributed by atoms with van der Waals surface area (Å²) in [6.07, 6.45) is 2.79. The normalized spacial score (nSPS) is 12.0. The van der Waals surface area contributed by atoms with E-state index in [9.17, 15) is 14.4 Å². The number of ether oxygens (including phenoxy) is 1. The molecule has 32 heavy (non-hydrogen) atoms. The van der Waals surface area contributed by atoms with Crippen molar-refractivity contribution in [2.75, 3.05) is 18.6 Å². The standard InChI is InChI=1S/C22H23Cl2N3O4S/c1-32-12-9-18(25-20(28)15-8-7-14(23)13-16(15)24)21(29)31-11-4-10-27-19-6-3-2-5-17(19)26-22(27)30/h2-3,5-8,13,18H,4,9-12H2,1H3,(H,25,28)(H,26,30). The summed E-state index contributed by atoms with van der Waals surface area (Å²) in [6.45, 7) is 0.524. The van der Waals surface area contributed by atoms with E-state index in [1.165, 1.54) is 12.1 Å². The van der Waals surface area contributed by atoms with E-state index < -0.39 is 17.9 Å². The van der Waals surface area contributed by atoms with Crippen molar-refractivity contribution >= 4 is 57.9 Å². The lowest BCUT2D eigenvalue weighted by molar-refractivity contribution is -0.146. The molecule has 0 fully saturated rings. The van der Waals surface area contributed by atoms with E-state index in [0.29, 0.717) is 30.2 Å². The number of H-pyrrole nitrogens is 1. The molecule has 1 amide bonds. The third kappa shape index (κ3) is 6.09. The lowest BCUT2D eigenvalue weighted by Gasteiger charge is -2.18. The fourth-order valence-corrected chi connectivity index (χ4v) is 4.18. The summed E-state index contributed by atoms with van der Waals surface area (Å²) >= 11 is 13.5. The lowest BCUT2D eigenvalue weighted by atomic mass is 10.1. The molecule has 1 aromatic heterocycles. The number of esters is 1. The fraction of sp³-hybridized carbons (Fsp3) is 0.318. The van der Waals surface area contributed by atoms with Crippen LogP contribution in [0.4, 0.5) is 0 Å². The highest BCUT2D eigenvalue weighted by atomic mass is 35.5. The number of halogens is 2. The summed E-state index contributed by atoms with van der Waals surface area (Å²) in [5.41, 5.74) is 1.59. The topological polar surface area (TPSA) is 93.2 Å². The molecule has 0 saturated heterocycles. The van der Waals surface area contributed by atoms with Crippen LogP contribution in [0.1, 0.15) is 23.2 Å². The van der Waals surface area contributed by atoms with Gasteiger partial charge in [-0.3, -0.25) is 9.36 Å². The molecule has 7 nitrogen and oxygen atoms in total. The molecule has 10 heteroatoms. The van der Waals surface area contributed by atoms with Gasteiger partial charge in [-0.2, -0.15) is 11.8 Å². The molecule has 2 aromatic carbocycles. The number of amides is 1. The summed E-state index contributed by atoms with van der Waals surface area (Å²) in [5.74, 6) is -0.331. The first kappa shape index (κ1) is 24.2. The van der Waals surface area contributed by atoms with Crippen molar-refractivity contribution < 1.29 is 14.3 Å². The second-order valence-corrected chi connectivity index (χ2v) is 8.88. The number of aromatic nitrogens is 2. The van der Waals surface area contributed by atoms with Crippen molar-refractivity contribution in [3.63, 3.8) is 0 Å². The van der Waals surface area contributed by atoms with Crippen molar-refractivity contribution in [1.29, 1.82) is 0 Å². The largest absolute Gasteiger partial charge is 0.464 e. The van der Waals surface area contributed by atoms with E-state index >= 15 is 0 Å². The Kier molecular flexibility index (Phi) is 8.67. The van der Waals surface area contributed by atoms with E-state index in [0.717, 1.165) is 11.0 Å². The SMILES string of the molecule is CSCCC(NC(=O)c1ccc(Cl)cc1Cl)C(=O)OCCCn1c(=O)[nH]c2ccccc21. The number of hydrogen-bond acceptors (Lipinski definition) is 5. The smallest absolute Gasteiger partial charge is 0.328 e. The number of benzene rings is 2. The molecule has 0 bridgehead atoms. The summed E-state index contributed by atoms with van der Waals surface area (Å²) in [7, 11) is 0. The number of aryl methyl sites for hydroxylation is 1. The Hall–Kier alpha value is -2.42. The second-order valence-electron chi connectivity index (χ2n) is 7.05. The zero-order valence-corrected chi connectivity index (χ0v) is 19.7. The van der Waals surface area contributed by atoms with Crippen molar-refractivity contribution in [2.24, 2.45) is 0 Å². The first-order valence-corrected chi connectivity index (χ1v) is 12.1. The summed E-state index contributed by atoms with van der Waals surface area (Å²) < 4.78 is 7.00. The summed E-state index contributed by atoms with van der Waals surface area (Å²) in [4.78, 5) is 40.2. The van der Waals surface area contributed by atoms with Crippen molar-refractivity contribution in [2.45, 2.75) is 25.4 Å². The van der Waals surface area contributed by atoms with Crippen molar-refractivity contribution in [3.8, 4) is 0 Å². The Bertz CT molecular complexity index is 1160. The number of rotatable bonds is 10. The number of carbonyl (C=O) groups is 2. The predicted molar refractivity (Wildman–Crippen MR) is 129 cm³/mol. The van der Waals surface area contributed by atoms with Crippen LogP contribution in [-0.4, -0.2) is 46.1 Å². The van der Waals surface area contributed by atoms with Gasteiger partial charge < -0.3 is 15.0 Å². The maximum absolute atomic E-state index is 12.6. The van der Waals surface area contributed by atoms with Gasteiger partial charge in [-0.15, -0.1) is 0 Å². The number of nitrogens with zero attached hydrogens (tertiary/aromatic N) is 1. The summed E-state index contributed by atoms with van der Waals surface area (Å²) in [6, 6.07) is 11.1. The maximum Gasteiger partial charge on any atom is 0.328 e. The Morgan fingerprint density at radius 1 is 1.22 bits per heavy atom. The molecule has 0 aliphatic carbocycles. The fourth-order valence-electron chi connectivity index (χ4n) is 3.22. The van der Waals surface area contributed by atoms with Crippen LogP contribution in [0.3, 0.4) is 0 Å². The van der Waals surface area contributed by atoms with Gasteiger partial charge in [-0.25, -0.2) is 9.59 Å². The number of fused-ring (bicyclic) bond motifs is 1. The van der Waals surface area contributed by atoms with Gasteiger partial charge in [0.2, 0.25) is 0 Å². The zero-order valence-electron chi connectivity index (χ0n) is 17.4. The van der Waals surface area contributed by atoms with Gasteiger partial charge in [0.05, 0.1) is 28.2 Å².